The minimum atomic E-state index is -2.85. The lowest BCUT2D eigenvalue weighted by Gasteiger charge is -2.43. The highest BCUT2D eigenvalue weighted by molar-refractivity contribution is 6.99. The molecule has 6 nitrogen and oxygen atoms in total. The molecule has 8 heteroatoms. The highest BCUT2D eigenvalue weighted by atomic mass is 28.4. The van der Waals surface area contributed by atoms with E-state index < -0.39 is 20.2 Å². The van der Waals surface area contributed by atoms with Crippen molar-refractivity contribution in [2.24, 2.45) is 0 Å². The Hall–Kier alpha value is -3.98. The van der Waals surface area contributed by atoms with E-state index in [1.807, 2.05) is 73.7 Å². The van der Waals surface area contributed by atoms with Gasteiger partial charge in [0.2, 0.25) is 0 Å². The molecule has 246 valence electrons. The fraction of sp³-hybridized carbons (Fsp3) is 0.359. The van der Waals surface area contributed by atoms with Gasteiger partial charge in [-0.3, -0.25) is 4.79 Å². The smallest absolute Gasteiger partial charge is 0.261 e. The van der Waals surface area contributed by atoms with Crippen LogP contribution in [0.15, 0.2) is 97.1 Å². The van der Waals surface area contributed by atoms with Crippen molar-refractivity contribution >= 4 is 24.6 Å². The first kappa shape index (κ1) is 32.9. The normalized spacial score (nSPS) is 18.6. The maximum atomic E-state index is 16.0. The predicted octanol–water partition coefficient (Wildman–Crippen LogP) is 6.67. The number of carbonyl (C=O) groups excluding carboxylic acids is 1. The molecule has 0 spiro atoms. The number of nitrogens with zero attached hydrogens (tertiary/aromatic N) is 1. The average molecular weight is 654 g/mol. The fourth-order valence-corrected chi connectivity index (χ4v) is 11.6. The molecule has 0 aromatic heterocycles. The number of hydrogen-bond donors (Lipinski definition) is 0. The standard InChI is InChI=1S/C39H44FNO5Si/c1-27-21-34-35(38(42)41-23-31(22-30(41)26-44-34)43-25-29-15-9-6-10-16-29)37(36(27)40)46-28(2)24-45-47(39(3,4)5,32-17-11-7-12-18-32)33-19-13-8-14-20-33/h6-21,28,30-31H,22-26H2,1-5H3/t28-,30+,31-/m0/s1. The number of benzene rings is 4. The second kappa shape index (κ2) is 13.6. The second-order valence-electron chi connectivity index (χ2n) is 13.7. The molecule has 0 radical (unpaired) electrons. The van der Waals surface area contributed by atoms with E-state index >= 15 is 4.39 Å². The van der Waals surface area contributed by atoms with Gasteiger partial charge >= 0.3 is 0 Å². The SMILES string of the molecule is Cc1cc2c(c(O[C@@H](C)CO[Si](c3ccccc3)(c3ccccc3)C(C)(C)C)c1F)C(=O)N1C[C@@H](OCc3ccccc3)C[C@@H]1CO2. The Bertz CT molecular complexity index is 1640. The van der Waals surface area contributed by atoms with Crippen molar-refractivity contribution in [3.63, 3.8) is 0 Å². The summed E-state index contributed by atoms with van der Waals surface area (Å²) in [6, 6.07) is 32.1. The lowest BCUT2D eigenvalue weighted by molar-refractivity contribution is 0.0435. The van der Waals surface area contributed by atoms with E-state index in [9.17, 15) is 4.79 Å². The van der Waals surface area contributed by atoms with E-state index in [0.29, 0.717) is 37.5 Å². The van der Waals surface area contributed by atoms with Crippen molar-refractivity contribution in [3.05, 3.63) is 120 Å². The highest BCUT2D eigenvalue weighted by Gasteiger charge is 2.50. The van der Waals surface area contributed by atoms with Crippen molar-refractivity contribution < 1.29 is 27.8 Å². The van der Waals surface area contributed by atoms with E-state index in [0.717, 1.165) is 15.9 Å². The van der Waals surface area contributed by atoms with Crippen LogP contribution in [0.4, 0.5) is 4.39 Å². The average Bonchev–Trinajstić information content (AvgIpc) is 3.44. The Balaban J connectivity index is 1.25. The van der Waals surface area contributed by atoms with Crippen molar-refractivity contribution in [1.82, 2.24) is 4.90 Å². The molecule has 3 atom stereocenters. The Morgan fingerprint density at radius 3 is 2.15 bits per heavy atom. The van der Waals surface area contributed by atoms with Gasteiger partial charge in [-0.2, -0.15) is 0 Å². The molecule has 0 aliphatic carbocycles. The van der Waals surface area contributed by atoms with Crippen LogP contribution in [0.1, 0.15) is 55.6 Å². The monoisotopic (exact) mass is 653 g/mol. The summed E-state index contributed by atoms with van der Waals surface area (Å²) in [5.41, 5.74) is 1.56. The number of aryl methyl sites for hydroxylation is 1. The van der Waals surface area contributed by atoms with Crippen LogP contribution in [0.2, 0.25) is 5.04 Å². The molecule has 0 saturated carbocycles. The number of carbonyl (C=O) groups is 1. The third-order valence-corrected chi connectivity index (χ3v) is 14.3. The molecule has 1 amide bonds. The summed E-state index contributed by atoms with van der Waals surface area (Å²) in [7, 11) is -2.85. The zero-order valence-corrected chi connectivity index (χ0v) is 28.9. The van der Waals surface area contributed by atoms with Crippen LogP contribution < -0.4 is 19.8 Å². The molecule has 4 aromatic rings. The predicted molar refractivity (Wildman–Crippen MR) is 185 cm³/mol. The first-order valence-corrected chi connectivity index (χ1v) is 18.3. The molecule has 0 bridgehead atoms. The zero-order chi connectivity index (χ0) is 33.2. The Kier molecular flexibility index (Phi) is 9.55. The second-order valence-corrected chi connectivity index (χ2v) is 18.0. The minimum absolute atomic E-state index is 0.0853. The number of hydrogen-bond acceptors (Lipinski definition) is 5. The molecule has 0 N–H and O–H groups in total. The Morgan fingerprint density at radius 2 is 1.55 bits per heavy atom. The quantitative estimate of drug-likeness (QED) is 0.179. The molecule has 47 heavy (non-hydrogen) atoms. The molecule has 0 unspecified atom stereocenters. The van der Waals surface area contributed by atoms with E-state index in [1.165, 1.54) is 0 Å². The number of rotatable bonds is 10. The topological polar surface area (TPSA) is 57.2 Å². The summed E-state index contributed by atoms with van der Waals surface area (Å²) in [6.07, 6.45) is -0.0652. The van der Waals surface area contributed by atoms with Gasteiger partial charge < -0.3 is 23.5 Å². The third kappa shape index (κ3) is 6.59. The maximum Gasteiger partial charge on any atom is 0.261 e. The molecule has 1 saturated heterocycles. The molecule has 2 aliphatic heterocycles. The summed E-state index contributed by atoms with van der Waals surface area (Å²) in [6.45, 7) is 11.5. The lowest BCUT2D eigenvalue weighted by atomic mass is 10.1. The number of ether oxygens (including phenoxy) is 3. The van der Waals surface area contributed by atoms with E-state index in [-0.39, 0.29) is 41.0 Å². The van der Waals surface area contributed by atoms with Crippen LogP contribution in [-0.4, -0.2) is 57.1 Å². The van der Waals surface area contributed by atoms with E-state index in [2.05, 4.69) is 45.0 Å². The maximum absolute atomic E-state index is 16.0. The van der Waals surface area contributed by atoms with Gasteiger partial charge in [-0.05, 0) is 52.9 Å². The number of amides is 1. The summed E-state index contributed by atoms with van der Waals surface area (Å²) < 4.78 is 41.8. The number of fused-ring (bicyclic) bond motifs is 2. The Morgan fingerprint density at radius 1 is 0.957 bits per heavy atom. The van der Waals surface area contributed by atoms with Crippen LogP contribution in [0, 0.1) is 12.7 Å². The largest absolute Gasteiger partial charge is 0.490 e. The molecular formula is C39H44FNO5Si. The van der Waals surface area contributed by atoms with Crippen molar-refractivity contribution in [2.45, 2.75) is 70.9 Å². The molecule has 6 rings (SSSR count). The van der Waals surface area contributed by atoms with Crippen LogP contribution in [0.25, 0.3) is 0 Å². The van der Waals surface area contributed by atoms with Gasteiger partial charge in [-0.1, -0.05) is 112 Å². The Labute approximate surface area is 278 Å². The van der Waals surface area contributed by atoms with Crippen LogP contribution >= 0.6 is 0 Å². The van der Waals surface area contributed by atoms with Gasteiger partial charge in [0.25, 0.3) is 14.2 Å². The minimum Gasteiger partial charge on any atom is -0.490 e. The van der Waals surface area contributed by atoms with Gasteiger partial charge in [0, 0.05) is 6.54 Å². The van der Waals surface area contributed by atoms with Crippen LogP contribution in [-0.2, 0) is 15.8 Å². The van der Waals surface area contributed by atoms with E-state index in [4.69, 9.17) is 18.6 Å². The van der Waals surface area contributed by atoms with Crippen LogP contribution in [0.5, 0.6) is 11.5 Å². The van der Waals surface area contributed by atoms with Gasteiger partial charge in [0.05, 0.1) is 25.4 Å². The molecule has 2 aliphatic rings. The summed E-state index contributed by atoms with van der Waals surface area (Å²) >= 11 is 0. The lowest BCUT2D eigenvalue weighted by Crippen LogP contribution is -2.67. The van der Waals surface area contributed by atoms with Gasteiger partial charge in [0.15, 0.2) is 11.6 Å². The first-order chi connectivity index (χ1) is 22.6. The number of halogens is 1. The molecule has 4 aromatic carbocycles. The van der Waals surface area contributed by atoms with Crippen LogP contribution in [0.3, 0.4) is 0 Å². The third-order valence-electron chi connectivity index (χ3n) is 9.25. The summed E-state index contributed by atoms with van der Waals surface area (Å²) in [5.74, 6) is -0.604. The van der Waals surface area contributed by atoms with E-state index in [1.54, 1.807) is 17.9 Å². The van der Waals surface area contributed by atoms with Gasteiger partial charge in [0.1, 0.15) is 24.0 Å². The summed E-state index contributed by atoms with van der Waals surface area (Å²) in [5, 5.41) is 2.07. The molecule has 1 fully saturated rings. The first-order valence-electron chi connectivity index (χ1n) is 16.4. The highest BCUT2D eigenvalue weighted by Crippen LogP contribution is 2.41. The molecule has 2 heterocycles. The van der Waals surface area contributed by atoms with Crippen molar-refractivity contribution in [1.29, 1.82) is 0 Å². The summed E-state index contributed by atoms with van der Waals surface area (Å²) in [4.78, 5) is 15.9. The van der Waals surface area contributed by atoms with Crippen molar-refractivity contribution in [3.8, 4) is 11.5 Å². The fourth-order valence-electron chi connectivity index (χ4n) is 6.92. The molecular weight excluding hydrogens is 610 g/mol. The zero-order valence-electron chi connectivity index (χ0n) is 27.9. The van der Waals surface area contributed by atoms with Crippen molar-refractivity contribution in [2.75, 3.05) is 19.8 Å². The van der Waals surface area contributed by atoms with Gasteiger partial charge in [-0.25, -0.2) is 4.39 Å². The van der Waals surface area contributed by atoms with Gasteiger partial charge in [-0.15, -0.1) is 0 Å².